The van der Waals surface area contributed by atoms with Gasteiger partial charge >= 0.3 is 0 Å². The number of hydrazone groups is 1. The molecule has 1 aromatic carbocycles. The molecular formula is C22H22N8O3. The van der Waals surface area contributed by atoms with Crippen molar-refractivity contribution in [2.75, 3.05) is 23.8 Å². The monoisotopic (exact) mass is 446 g/mol. The largest absolute Gasteiger partial charge is 0.312 e. The first kappa shape index (κ1) is 20.7. The smallest absolute Gasteiger partial charge is 0.265 e. The first-order chi connectivity index (χ1) is 15.8. The Kier molecular flexibility index (Phi) is 4.88. The van der Waals surface area contributed by atoms with Crippen molar-refractivity contribution < 1.29 is 14.4 Å². The molecule has 168 valence electrons. The molecule has 33 heavy (non-hydrogen) atoms. The number of carbonyl (C=O) groups is 3. The van der Waals surface area contributed by atoms with Crippen LogP contribution in [-0.4, -0.2) is 64.1 Å². The van der Waals surface area contributed by atoms with Gasteiger partial charge < -0.3 is 10.2 Å². The molecule has 0 bridgehead atoms. The molecule has 1 saturated heterocycles. The number of hydrogen-bond acceptors (Lipinski definition) is 7. The van der Waals surface area contributed by atoms with Gasteiger partial charge in [0.25, 0.3) is 11.9 Å². The fourth-order valence-corrected chi connectivity index (χ4v) is 4.03. The molecule has 2 aromatic rings. The highest BCUT2D eigenvalue weighted by Crippen LogP contribution is 2.27. The molecule has 11 heteroatoms. The number of amidine groups is 1. The third-order valence-electron chi connectivity index (χ3n) is 5.80. The second-order valence-electron chi connectivity index (χ2n) is 8.30. The van der Waals surface area contributed by atoms with E-state index < -0.39 is 17.7 Å². The lowest BCUT2D eigenvalue weighted by Gasteiger charge is -2.18. The van der Waals surface area contributed by atoms with E-state index in [9.17, 15) is 14.4 Å². The van der Waals surface area contributed by atoms with Crippen molar-refractivity contribution in [2.45, 2.75) is 20.3 Å². The number of nitrogens with zero attached hydrogens (tertiary/aromatic N) is 7. The van der Waals surface area contributed by atoms with E-state index in [0.29, 0.717) is 17.3 Å². The fourth-order valence-electron chi connectivity index (χ4n) is 4.03. The van der Waals surface area contributed by atoms with E-state index >= 15 is 0 Å². The van der Waals surface area contributed by atoms with Crippen LogP contribution in [-0.2, 0) is 14.4 Å². The number of amides is 3. The topological polar surface area (TPSA) is 125 Å². The predicted molar refractivity (Wildman–Crippen MR) is 122 cm³/mol. The Morgan fingerprint density at radius 3 is 2.64 bits per heavy atom. The minimum atomic E-state index is -0.606. The minimum Gasteiger partial charge on any atom is -0.312 e. The van der Waals surface area contributed by atoms with Crippen LogP contribution in [0, 0.1) is 25.7 Å². The fraction of sp³-hybridized carbons (Fsp3) is 0.318. The van der Waals surface area contributed by atoms with E-state index in [1.54, 1.807) is 24.9 Å². The Hall–Kier alpha value is -4.15. The zero-order valence-corrected chi connectivity index (χ0v) is 18.4. The van der Waals surface area contributed by atoms with Crippen molar-refractivity contribution in [1.82, 2.24) is 14.8 Å². The molecule has 0 radical (unpaired) electrons. The Balaban J connectivity index is 1.35. The highest BCUT2D eigenvalue weighted by atomic mass is 16.2. The number of aryl methyl sites for hydroxylation is 2. The number of benzene rings is 1. The SMILES string of the molecule is Cc1ccc(N2CC(C(=O)Nc3cc(C)nn3C3=NC(=O)C4C=NN(C)C4=N3)CC2=O)cc1. The lowest BCUT2D eigenvalue weighted by atomic mass is 10.1. The summed E-state index contributed by atoms with van der Waals surface area (Å²) in [5.41, 5.74) is 2.48. The summed E-state index contributed by atoms with van der Waals surface area (Å²) in [7, 11) is 1.69. The van der Waals surface area contributed by atoms with Gasteiger partial charge in [-0.1, -0.05) is 17.7 Å². The van der Waals surface area contributed by atoms with Gasteiger partial charge in [0.2, 0.25) is 11.8 Å². The molecule has 3 aliphatic rings. The van der Waals surface area contributed by atoms with Crippen molar-refractivity contribution in [3.8, 4) is 0 Å². The predicted octanol–water partition coefficient (Wildman–Crippen LogP) is 1.18. The van der Waals surface area contributed by atoms with Gasteiger partial charge in [-0.2, -0.15) is 24.9 Å². The van der Waals surface area contributed by atoms with Crippen molar-refractivity contribution >= 4 is 47.2 Å². The van der Waals surface area contributed by atoms with Gasteiger partial charge in [-0.25, -0.2) is 0 Å². The van der Waals surface area contributed by atoms with Crippen molar-refractivity contribution in [3.63, 3.8) is 0 Å². The number of hydrogen-bond donors (Lipinski definition) is 1. The summed E-state index contributed by atoms with van der Waals surface area (Å²) in [6.07, 6.45) is 1.60. The zero-order chi connectivity index (χ0) is 23.3. The van der Waals surface area contributed by atoms with Crippen molar-refractivity contribution in [2.24, 2.45) is 26.9 Å². The third-order valence-corrected chi connectivity index (χ3v) is 5.80. The molecule has 0 saturated carbocycles. The number of rotatable bonds is 3. The summed E-state index contributed by atoms with van der Waals surface area (Å²) in [6, 6.07) is 9.28. The first-order valence-corrected chi connectivity index (χ1v) is 10.5. The molecule has 1 aromatic heterocycles. The molecule has 4 heterocycles. The molecular weight excluding hydrogens is 424 g/mol. The third kappa shape index (κ3) is 3.71. The lowest BCUT2D eigenvalue weighted by Crippen LogP contribution is -2.35. The maximum Gasteiger partial charge on any atom is 0.265 e. The number of anilines is 2. The molecule has 1 fully saturated rings. The second kappa shape index (κ2) is 7.76. The van der Waals surface area contributed by atoms with E-state index in [1.807, 2.05) is 31.2 Å². The van der Waals surface area contributed by atoms with Crippen LogP contribution in [0.5, 0.6) is 0 Å². The van der Waals surface area contributed by atoms with Gasteiger partial charge in [0.15, 0.2) is 0 Å². The van der Waals surface area contributed by atoms with Gasteiger partial charge in [-0.3, -0.25) is 19.4 Å². The van der Waals surface area contributed by atoms with Gasteiger partial charge in [-0.15, -0.1) is 0 Å². The Morgan fingerprint density at radius 1 is 1.12 bits per heavy atom. The molecule has 0 aliphatic carbocycles. The van der Waals surface area contributed by atoms with E-state index in [4.69, 9.17) is 0 Å². The lowest BCUT2D eigenvalue weighted by molar-refractivity contribution is -0.122. The summed E-state index contributed by atoms with van der Waals surface area (Å²) >= 11 is 0. The summed E-state index contributed by atoms with van der Waals surface area (Å²) in [5, 5.41) is 12.8. The average Bonchev–Trinajstić information content (AvgIpc) is 3.46. The van der Waals surface area contributed by atoms with Crippen molar-refractivity contribution in [1.29, 1.82) is 0 Å². The zero-order valence-electron chi connectivity index (χ0n) is 18.4. The van der Waals surface area contributed by atoms with Crippen LogP contribution in [0.1, 0.15) is 17.7 Å². The number of fused-ring (bicyclic) bond motifs is 1. The summed E-state index contributed by atoms with van der Waals surface area (Å²) < 4.78 is 1.33. The van der Waals surface area contributed by atoms with Crippen LogP contribution >= 0.6 is 0 Å². The molecule has 0 spiro atoms. The van der Waals surface area contributed by atoms with Gasteiger partial charge in [-0.05, 0) is 26.0 Å². The standard InChI is InChI=1S/C22H22N8O3/c1-12-4-6-15(7-5-12)29-11-14(9-18(29)31)20(32)24-17-8-13(2)27-30(17)22-25-19-16(21(33)26-22)10-23-28(19)3/h4-8,10,14,16H,9,11H2,1-3H3,(H,24,32). The van der Waals surface area contributed by atoms with Crippen molar-refractivity contribution in [3.05, 3.63) is 41.6 Å². The quantitative estimate of drug-likeness (QED) is 0.758. The number of aliphatic imine (C=N–C) groups is 2. The van der Waals surface area contributed by atoms with Gasteiger partial charge in [0.05, 0.1) is 11.6 Å². The maximum absolute atomic E-state index is 13.0. The molecule has 2 atom stereocenters. The van der Waals surface area contributed by atoms with E-state index in [1.165, 1.54) is 15.9 Å². The van der Waals surface area contributed by atoms with Gasteiger partial charge in [0.1, 0.15) is 17.6 Å². The molecule has 11 nitrogen and oxygen atoms in total. The minimum absolute atomic E-state index is 0.0516. The van der Waals surface area contributed by atoms with E-state index in [-0.39, 0.29) is 30.7 Å². The first-order valence-electron chi connectivity index (χ1n) is 10.5. The Morgan fingerprint density at radius 2 is 1.88 bits per heavy atom. The highest BCUT2D eigenvalue weighted by Gasteiger charge is 2.37. The number of aromatic nitrogens is 2. The number of nitrogens with one attached hydrogen (secondary N) is 1. The highest BCUT2D eigenvalue weighted by molar-refractivity contribution is 6.24. The Labute approximate surface area is 189 Å². The van der Waals surface area contributed by atoms with Crippen LogP contribution in [0.15, 0.2) is 45.4 Å². The summed E-state index contributed by atoms with van der Waals surface area (Å²) in [5.74, 6) is -1.12. The molecule has 2 unspecified atom stereocenters. The normalized spacial score (nSPS) is 21.9. The van der Waals surface area contributed by atoms with E-state index in [0.717, 1.165) is 11.3 Å². The van der Waals surface area contributed by atoms with Crippen LogP contribution in [0.25, 0.3) is 0 Å². The van der Waals surface area contributed by atoms with Crippen LogP contribution in [0.4, 0.5) is 11.5 Å². The molecule has 1 N–H and O–H groups in total. The second-order valence-corrected chi connectivity index (χ2v) is 8.30. The van der Waals surface area contributed by atoms with Crippen LogP contribution in [0.3, 0.4) is 0 Å². The van der Waals surface area contributed by atoms with Gasteiger partial charge in [0, 0.05) is 38.0 Å². The average molecular weight is 446 g/mol. The summed E-state index contributed by atoms with van der Waals surface area (Å²) in [4.78, 5) is 48.1. The number of carbonyl (C=O) groups excluding carboxylic acids is 3. The molecule has 5 rings (SSSR count). The maximum atomic E-state index is 13.0. The Bertz CT molecular complexity index is 1260. The summed E-state index contributed by atoms with van der Waals surface area (Å²) in [6.45, 7) is 4.02. The molecule has 3 aliphatic heterocycles. The van der Waals surface area contributed by atoms with Crippen LogP contribution in [0.2, 0.25) is 0 Å². The molecule has 3 amide bonds. The van der Waals surface area contributed by atoms with E-state index in [2.05, 4.69) is 25.5 Å². The van der Waals surface area contributed by atoms with Crippen LogP contribution < -0.4 is 10.2 Å².